The Morgan fingerprint density at radius 1 is 1.00 bits per heavy atom. The second-order valence-electron chi connectivity index (χ2n) is 3.71. The van der Waals surface area contributed by atoms with Crippen LogP contribution in [0.1, 0.15) is 5.56 Å². The fraction of sp³-hybridized carbons (Fsp3) is 0.167. The zero-order valence-electron chi connectivity index (χ0n) is 9.38. The van der Waals surface area contributed by atoms with Crippen LogP contribution >= 0.6 is 0 Å². The lowest BCUT2D eigenvalue weighted by Crippen LogP contribution is -2.12. The molecule has 0 bridgehead atoms. The van der Waals surface area contributed by atoms with Crippen LogP contribution in [0.25, 0.3) is 0 Å². The lowest BCUT2D eigenvalue weighted by atomic mass is 10.2. The van der Waals surface area contributed by atoms with Gasteiger partial charge < -0.3 is 10.6 Å². The first-order valence-corrected chi connectivity index (χ1v) is 5.06. The van der Waals surface area contributed by atoms with Crippen molar-refractivity contribution in [2.24, 2.45) is 0 Å². The first kappa shape index (κ1) is 10.4. The molecule has 0 fully saturated rings. The average molecular weight is 214 g/mol. The van der Waals surface area contributed by atoms with Gasteiger partial charge in [0, 0.05) is 12.7 Å². The minimum Gasteiger partial charge on any atom is -0.382 e. The molecule has 0 radical (unpaired) electrons. The van der Waals surface area contributed by atoms with Crippen molar-refractivity contribution < 1.29 is 0 Å². The summed E-state index contributed by atoms with van der Waals surface area (Å²) in [5.41, 5.74) is 7.80. The van der Waals surface area contributed by atoms with Crippen LogP contribution in [0.15, 0.2) is 36.4 Å². The molecule has 2 aromatic rings. The molecule has 0 aliphatic rings. The van der Waals surface area contributed by atoms with E-state index < -0.39 is 0 Å². The molecule has 0 aliphatic carbocycles. The summed E-state index contributed by atoms with van der Waals surface area (Å²) in [5, 5.41) is 7.86. The van der Waals surface area contributed by atoms with Gasteiger partial charge >= 0.3 is 0 Å². The Morgan fingerprint density at radius 2 is 1.69 bits per heavy atom. The largest absolute Gasteiger partial charge is 0.382 e. The number of aromatic nitrogens is 2. The Labute approximate surface area is 94.7 Å². The van der Waals surface area contributed by atoms with Gasteiger partial charge in [-0.3, -0.25) is 0 Å². The van der Waals surface area contributed by atoms with Gasteiger partial charge in [-0.15, -0.1) is 10.2 Å². The molecule has 2 N–H and O–H groups in total. The SMILES string of the molecule is Cc1ccc(N(C)c2ccc(N)nn2)cc1. The van der Waals surface area contributed by atoms with Crippen LogP contribution in [0.2, 0.25) is 0 Å². The molecule has 4 nitrogen and oxygen atoms in total. The van der Waals surface area contributed by atoms with Gasteiger partial charge in [-0.25, -0.2) is 0 Å². The lowest BCUT2D eigenvalue weighted by molar-refractivity contribution is 0.996. The maximum absolute atomic E-state index is 5.49. The Morgan fingerprint density at radius 3 is 2.25 bits per heavy atom. The van der Waals surface area contributed by atoms with Gasteiger partial charge in [0.15, 0.2) is 5.82 Å². The first-order valence-electron chi connectivity index (χ1n) is 5.06. The zero-order valence-corrected chi connectivity index (χ0v) is 9.38. The fourth-order valence-electron chi connectivity index (χ4n) is 1.42. The summed E-state index contributed by atoms with van der Waals surface area (Å²) in [4.78, 5) is 1.96. The third-order valence-corrected chi connectivity index (χ3v) is 2.44. The van der Waals surface area contributed by atoms with Crippen molar-refractivity contribution in [3.05, 3.63) is 42.0 Å². The summed E-state index contributed by atoms with van der Waals surface area (Å²) in [7, 11) is 1.95. The maximum atomic E-state index is 5.49. The van der Waals surface area contributed by atoms with E-state index in [1.807, 2.05) is 30.1 Å². The van der Waals surface area contributed by atoms with Gasteiger partial charge in [-0.2, -0.15) is 0 Å². The summed E-state index contributed by atoms with van der Waals surface area (Å²) < 4.78 is 0. The molecule has 16 heavy (non-hydrogen) atoms. The van der Waals surface area contributed by atoms with Crippen molar-refractivity contribution in [1.82, 2.24) is 10.2 Å². The summed E-state index contributed by atoms with van der Waals surface area (Å²) >= 11 is 0. The van der Waals surface area contributed by atoms with Gasteiger partial charge in [-0.1, -0.05) is 17.7 Å². The molecular formula is C12H14N4. The lowest BCUT2D eigenvalue weighted by Gasteiger charge is -2.17. The molecule has 0 amide bonds. The van der Waals surface area contributed by atoms with Crippen molar-refractivity contribution in [2.75, 3.05) is 17.7 Å². The molecule has 1 heterocycles. The van der Waals surface area contributed by atoms with Crippen LogP contribution in [0.4, 0.5) is 17.3 Å². The number of hydrogen-bond acceptors (Lipinski definition) is 4. The number of rotatable bonds is 2. The van der Waals surface area contributed by atoms with E-state index >= 15 is 0 Å². The summed E-state index contributed by atoms with van der Waals surface area (Å²) in [6.45, 7) is 2.06. The highest BCUT2D eigenvalue weighted by Gasteiger charge is 2.04. The molecule has 0 saturated carbocycles. The molecule has 1 aromatic heterocycles. The van der Waals surface area contributed by atoms with E-state index in [4.69, 9.17) is 5.73 Å². The Bertz CT molecular complexity index is 416. The van der Waals surface area contributed by atoms with Crippen LogP contribution in [0, 0.1) is 6.92 Å². The van der Waals surface area contributed by atoms with Crippen LogP contribution < -0.4 is 10.6 Å². The molecule has 4 heteroatoms. The molecule has 0 aliphatic heterocycles. The van der Waals surface area contributed by atoms with Gasteiger partial charge in [0.1, 0.15) is 5.82 Å². The van der Waals surface area contributed by atoms with Crippen LogP contribution in [-0.4, -0.2) is 17.2 Å². The summed E-state index contributed by atoms with van der Waals surface area (Å²) in [6.07, 6.45) is 0. The highest BCUT2D eigenvalue weighted by Crippen LogP contribution is 2.21. The minimum absolute atomic E-state index is 0.432. The standard InChI is InChI=1S/C12H14N4/c1-9-3-5-10(6-4-9)16(2)12-8-7-11(13)14-15-12/h3-8H,1-2H3,(H2,13,14). The number of anilines is 3. The number of nitrogen functional groups attached to an aromatic ring is 1. The molecule has 82 valence electrons. The van der Waals surface area contributed by atoms with Crippen molar-refractivity contribution in [3.8, 4) is 0 Å². The van der Waals surface area contributed by atoms with Crippen molar-refractivity contribution in [3.63, 3.8) is 0 Å². The fourth-order valence-corrected chi connectivity index (χ4v) is 1.42. The topological polar surface area (TPSA) is 55.0 Å². The maximum Gasteiger partial charge on any atom is 0.155 e. The number of aryl methyl sites for hydroxylation is 1. The second kappa shape index (κ2) is 4.18. The predicted molar refractivity (Wildman–Crippen MR) is 65.7 cm³/mol. The number of hydrogen-bond donors (Lipinski definition) is 1. The first-order chi connectivity index (χ1) is 7.66. The second-order valence-corrected chi connectivity index (χ2v) is 3.71. The van der Waals surface area contributed by atoms with E-state index in [2.05, 4.69) is 29.3 Å². The molecule has 2 rings (SSSR count). The van der Waals surface area contributed by atoms with Crippen molar-refractivity contribution >= 4 is 17.3 Å². The molecule has 0 atom stereocenters. The summed E-state index contributed by atoms with van der Waals surface area (Å²) in [5.74, 6) is 1.21. The molecule has 1 aromatic carbocycles. The molecular weight excluding hydrogens is 200 g/mol. The van der Waals surface area contributed by atoms with Crippen LogP contribution in [0.5, 0.6) is 0 Å². The highest BCUT2D eigenvalue weighted by atomic mass is 15.3. The highest BCUT2D eigenvalue weighted by molar-refractivity contribution is 5.59. The van der Waals surface area contributed by atoms with Crippen LogP contribution in [-0.2, 0) is 0 Å². The molecule has 0 spiro atoms. The third-order valence-electron chi connectivity index (χ3n) is 2.44. The van der Waals surface area contributed by atoms with E-state index in [0.717, 1.165) is 11.5 Å². The average Bonchev–Trinajstić information content (AvgIpc) is 2.30. The Balaban J connectivity index is 2.28. The van der Waals surface area contributed by atoms with Gasteiger partial charge in [0.25, 0.3) is 0 Å². The van der Waals surface area contributed by atoms with E-state index in [-0.39, 0.29) is 0 Å². The molecule has 0 saturated heterocycles. The van der Waals surface area contributed by atoms with Crippen molar-refractivity contribution in [2.45, 2.75) is 6.92 Å². The van der Waals surface area contributed by atoms with Gasteiger partial charge in [0.05, 0.1) is 0 Å². The number of nitrogens with two attached hydrogens (primary N) is 1. The predicted octanol–water partition coefficient (Wildman–Crippen LogP) is 2.14. The quantitative estimate of drug-likeness (QED) is 0.832. The molecule has 0 unspecified atom stereocenters. The Kier molecular flexibility index (Phi) is 2.72. The zero-order chi connectivity index (χ0) is 11.5. The number of nitrogens with zero attached hydrogens (tertiary/aromatic N) is 3. The third kappa shape index (κ3) is 2.11. The van der Waals surface area contributed by atoms with E-state index in [9.17, 15) is 0 Å². The van der Waals surface area contributed by atoms with Crippen molar-refractivity contribution in [1.29, 1.82) is 0 Å². The van der Waals surface area contributed by atoms with Gasteiger partial charge in [0.2, 0.25) is 0 Å². The minimum atomic E-state index is 0.432. The summed E-state index contributed by atoms with van der Waals surface area (Å²) in [6, 6.07) is 11.8. The van der Waals surface area contributed by atoms with Crippen LogP contribution in [0.3, 0.4) is 0 Å². The Hall–Kier alpha value is -2.10. The van der Waals surface area contributed by atoms with E-state index in [0.29, 0.717) is 5.82 Å². The normalized spacial score (nSPS) is 10.1. The monoisotopic (exact) mass is 214 g/mol. The van der Waals surface area contributed by atoms with E-state index in [1.165, 1.54) is 5.56 Å². The smallest absolute Gasteiger partial charge is 0.155 e. The van der Waals surface area contributed by atoms with Gasteiger partial charge in [-0.05, 0) is 31.2 Å². The van der Waals surface area contributed by atoms with E-state index in [1.54, 1.807) is 6.07 Å². The number of benzene rings is 1.